The van der Waals surface area contributed by atoms with Crippen molar-refractivity contribution in [1.82, 2.24) is 4.98 Å². The molecule has 0 aliphatic rings. The second kappa shape index (κ2) is 9.96. The third kappa shape index (κ3) is 6.73. The lowest BCUT2D eigenvalue weighted by Crippen LogP contribution is -2.20. The fraction of sp³-hybridized carbons (Fsp3) is 0.100. The SMILES string of the molecule is O=C(Nc1cc[nH]c(=O)c1COP(=O)(O)O)c1ccc(C(F)(F)F)cc1Oc1ccc(F)cc1F. The fourth-order valence-corrected chi connectivity index (χ4v) is 3.05. The van der Waals surface area contributed by atoms with Gasteiger partial charge in [-0.25, -0.2) is 13.3 Å². The summed E-state index contributed by atoms with van der Waals surface area (Å²) in [6, 6.07) is 4.85. The van der Waals surface area contributed by atoms with E-state index in [1.54, 1.807) is 0 Å². The molecular weight excluding hydrogens is 506 g/mol. The fourth-order valence-electron chi connectivity index (χ4n) is 2.76. The van der Waals surface area contributed by atoms with Gasteiger partial charge >= 0.3 is 14.0 Å². The molecule has 0 aliphatic heterocycles. The Morgan fingerprint density at radius 3 is 2.40 bits per heavy atom. The van der Waals surface area contributed by atoms with Gasteiger partial charge in [0, 0.05) is 12.3 Å². The zero-order valence-electron chi connectivity index (χ0n) is 17.1. The van der Waals surface area contributed by atoms with Gasteiger partial charge in [-0.05, 0) is 36.4 Å². The molecule has 4 N–H and O–H groups in total. The van der Waals surface area contributed by atoms with Crippen molar-refractivity contribution >= 4 is 19.4 Å². The number of pyridine rings is 1. The van der Waals surface area contributed by atoms with Gasteiger partial charge in [-0.3, -0.25) is 14.1 Å². The molecule has 1 amide bonds. The Balaban J connectivity index is 2.00. The van der Waals surface area contributed by atoms with Crippen LogP contribution in [0.25, 0.3) is 0 Å². The highest BCUT2D eigenvalue weighted by molar-refractivity contribution is 7.46. The Labute approximate surface area is 192 Å². The molecule has 0 atom stereocenters. The molecular formula is C20H14F5N2O7P. The van der Waals surface area contributed by atoms with E-state index in [2.05, 4.69) is 14.8 Å². The Morgan fingerprint density at radius 2 is 1.77 bits per heavy atom. The maximum atomic E-state index is 14.0. The van der Waals surface area contributed by atoms with Crippen LogP contribution in [0.3, 0.4) is 0 Å². The average molecular weight is 520 g/mol. The largest absolute Gasteiger partial charge is 0.469 e. The molecule has 0 fully saturated rings. The highest BCUT2D eigenvalue weighted by Crippen LogP contribution is 2.38. The van der Waals surface area contributed by atoms with E-state index in [1.807, 2.05) is 0 Å². The van der Waals surface area contributed by atoms with Gasteiger partial charge in [0.15, 0.2) is 11.6 Å². The minimum atomic E-state index is -4.99. The molecule has 0 radical (unpaired) electrons. The molecule has 3 rings (SSSR count). The number of ether oxygens (including phenoxy) is 1. The van der Waals surface area contributed by atoms with Gasteiger partial charge in [0.2, 0.25) is 0 Å². The normalized spacial score (nSPS) is 11.9. The number of carbonyl (C=O) groups is 1. The third-order valence-electron chi connectivity index (χ3n) is 4.36. The number of aromatic nitrogens is 1. The van der Waals surface area contributed by atoms with E-state index in [1.165, 1.54) is 0 Å². The van der Waals surface area contributed by atoms with E-state index in [4.69, 9.17) is 14.5 Å². The number of aromatic amines is 1. The molecule has 35 heavy (non-hydrogen) atoms. The highest BCUT2D eigenvalue weighted by Gasteiger charge is 2.32. The lowest BCUT2D eigenvalue weighted by molar-refractivity contribution is -0.137. The van der Waals surface area contributed by atoms with Gasteiger partial charge in [0.05, 0.1) is 29.0 Å². The predicted molar refractivity (Wildman–Crippen MR) is 110 cm³/mol. The van der Waals surface area contributed by atoms with Crippen LogP contribution in [0.4, 0.5) is 27.6 Å². The van der Waals surface area contributed by atoms with Gasteiger partial charge < -0.3 is 24.8 Å². The van der Waals surface area contributed by atoms with Crippen molar-refractivity contribution in [2.45, 2.75) is 12.8 Å². The maximum absolute atomic E-state index is 14.0. The summed E-state index contributed by atoms with van der Waals surface area (Å²) in [4.78, 5) is 44.8. The minimum Gasteiger partial charge on any atom is -0.453 e. The lowest BCUT2D eigenvalue weighted by atomic mass is 10.1. The first kappa shape index (κ1) is 26.0. The number of rotatable bonds is 7. The molecule has 0 saturated carbocycles. The zero-order chi connectivity index (χ0) is 26.0. The summed E-state index contributed by atoms with van der Waals surface area (Å²) < 4.78 is 87.2. The van der Waals surface area contributed by atoms with Gasteiger partial charge in [-0.15, -0.1) is 0 Å². The Bertz CT molecular complexity index is 1370. The number of nitrogens with one attached hydrogen (secondary N) is 2. The number of carbonyl (C=O) groups excluding carboxylic acids is 1. The smallest absolute Gasteiger partial charge is 0.453 e. The first-order valence-electron chi connectivity index (χ1n) is 9.31. The third-order valence-corrected chi connectivity index (χ3v) is 4.82. The number of halogens is 5. The number of anilines is 1. The average Bonchev–Trinajstić information content (AvgIpc) is 2.74. The van der Waals surface area contributed by atoms with Crippen molar-refractivity contribution in [3.05, 3.63) is 87.3 Å². The van der Waals surface area contributed by atoms with Crippen molar-refractivity contribution in [2.24, 2.45) is 0 Å². The van der Waals surface area contributed by atoms with Crippen LogP contribution in [0.1, 0.15) is 21.5 Å². The second-order valence-corrected chi connectivity index (χ2v) is 8.04. The molecule has 0 aliphatic carbocycles. The molecule has 0 bridgehead atoms. The molecule has 186 valence electrons. The van der Waals surface area contributed by atoms with Crippen LogP contribution >= 0.6 is 7.82 Å². The first-order valence-corrected chi connectivity index (χ1v) is 10.8. The number of hydrogen-bond acceptors (Lipinski definition) is 5. The molecule has 1 heterocycles. The topological polar surface area (TPSA) is 138 Å². The Kier molecular flexibility index (Phi) is 7.41. The summed E-state index contributed by atoms with van der Waals surface area (Å²) >= 11 is 0. The second-order valence-electron chi connectivity index (χ2n) is 6.80. The molecule has 9 nitrogen and oxygen atoms in total. The number of H-pyrrole nitrogens is 1. The van der Waals surface area contributed by atoms with Crippen molar-refractivity contribution in [2.75, 3.05) is 5.32 Å². The minimum absolute atomic E-state index is 0.286. The van der Waals surface area contributed by atoms with Crippen LogP contribution in [0.15, 0.2) is 53.5 Å². The summed E-state index contributed by atoms with van der Waals surface area (Å²) in [5.74, 6) is -4.77. The maximum Gasteiger partial charge on any atom is 0.469 e. The van der Waals surface area contributed by atoms with E-state index in [0.717, 1.165) is 30.5 Å². The van der Waals surface area contributed by atoms with Crippen molar-refractivity contribution in [3.8, 4) is 11.5 Å². The van der Waals surface area contributed by atoms with Crippen LogP contribution < -0.4 is 15.6 Å². The van der Waals surface area contributed by atoms with Gasteiger partial charge in [-0.2, -0.15) is 13.2 Å². The summed E-state index contributed by atoms with van der Waals surface area (Å²) in [5.41, 5.74) is -3.36. The van der Waals surface area contributed by atoms with Gasteiger partial charge in [0.25, 0.3) is 11.5 Å². The molecule has 1 aromatic heterocycles. The monoisotopic (exact) mass is 520 g/mol. The van der Waals surface area contributed by atoms with Crippen LogP contribution in [0, 0.1) is 11.6 Å². The molecule has 0 saturated heterocycles. The van der Waals surface area contributed by atoms with Crippen LogP contribution in [-0.4, -0.2) is 20.7 Å². The zero-order valence-corrected chi connectivity index (χ0v) is 18.0. The quantitative estimate of drug-likeness (QED) is 0.269. The first-order chi connectivity index (χ1) is 16.2. The summed E-state index contributed by atoms with van der Waals surface area (Å²) in [7, 11) is -4.99. The Morgan fingerprint density at radius 1 is 1.06 bits per heavy atom. The summed E-state index contributed by atoms with van der Waals surface area (Å²) in [6.45, 7) is -0.923. The van der Waals surface area contributed by atoms with Crippen LogP contribution in [0.5, 0.6) is 11.5 Å². The summed E-state index contributed by atoms with van der Waals surface area (Å²) in [6.07, 6.45) is -3.77. The molecule has 2 aromatic carbocycles. The highest BCUT2D eigenvalue weighted by atomic mass is 31.2. The van der Waals surface area contributed by atoms with Gasteiger partial charge in [0.1, 0.15) is 11.6 Å². The summed E-state index contributed by atoms with van der Waals surface area (Å²) in [5, 5.41) is 2.21. The number of phosphoric acid groups is 1. The van der Waals surface area contributed by atoms with E-state index in [0.29, 0.717) is 18.2 Å². The number of phosphoric ester groups is 1. The van der Waals surface area contributed by atoms with Crippen molar-refractivity contribution in [1.29, 1.82) is 0 Å². The standard InChI is InChI=1S/C20H14F5N2O7P/c21-11-2-4-16(14(22)8-11)34-17-7-10(20(23,24)25)1-3-12(17)19(29)27-15-5-6-26-18(28)13(15)9-33-35(30,31)32/h1-8H,9H2,(H2,30,31,32)(H2,26,27,28,29). The molecule has 15 heteroatoms. The van der Waals surface area contributed by atoms with Crippen molar-refractivity contribution in [3.63, 3.8) is 0 Å². The number of alkyl halides is 3. The number of hydrogen-bond donors (Lipinski definition) is 4. The van der Waals surface area contributed by atoms with Crippen LogP contribution in [0.2, 0.25) is 0 Å². The van der Waals surface area contributed by atoms with E-state index in [-0.39, 0.29) is 5.69 Å². The number of amides is 1. The molecule has 0 spiro atoms. The van der Waals surface area contributed by atoms with E-state index in [9.17, 15) is 36.1 Å². The van der Waals surface area contributed by atoms with E-state index >= 15 is 0 Å². The van der Waals surface area contributed by atoms with Crippen molar-refractivity contribution < 1.29 is 50.4 Å². The van der Waals surface area contributed by atoms with Gasteiger partial charge in [-0.1, -0.05) is 0 Å². The molecule has 0 unspecified atom stereocenters. The number of benzene rings is 2. The molecule has 3 aromatic rings. The lowest BCUT2D eigenvalue weighted by Gasteiger charge is -2.16. The van der Waals surface area contributed by atoms with Crippen LogP contribution in [-0.2, 0) is 21.9 Å². The van der Waals surface area contributed by atoms with E-state index < -0.39 is 71.9 Å². The Hall–Kier alpha value is -3.58. The predicted octanol–water partition coefficient (Wildman–Crippen LogP) is 4.33.